The van der Waals surface area contributed by atoms with E-state index in [0.29, 0.717) is 24.9 Å². The molecule has 0 saturated heterocycles. The Labute approximate surface area is 117 Å². The number of rotatable bonds is 4. The summed E-state index contributed by atoms with van der Waals surface area (Å²) in [5.41, 5.74) is 0.879. The highest BCUT2D eigenvalue weighted by Crippen LogP contribution is 2.40. The highest BCUT2D eigenvalue weighted by molar-refractivity contribution is 5.69. The fourth-order valence-corrected chi connectivity index (χ4v) is 2.27. The van der Waals surface area contributed by atoms with Crippen molar-refractivity contribution < 1.29 is 13.9 Å². The Kier molecular flexibility index (Phi) is 3.60. The van der Waals surface area contributed by atoms with Gasteiger partial charge < -0.3 is 19.2 Å². The molecule has 1 aromatic heterocycles. The number of aromatic nitrogens is 1. The van der Waals surface area contributed by atoms with Crippen LogP contribution < -0.4 is 14.8 Å². The van der Waals surface area contributed by atoms with Crippen molar-refractivity contribution in [3.63, 3.8) is 0 Å². The Bertz CT molecular complexity index is 595. The number of oxazole rings is 1. The lowest BCUT2D eigenvalue weighted by atomic mass is 10.1. The molecular weight excluding hydrogens is 256 g/mol. The maximum Gasteiger partial charge on any atom is 0.211 e. The van der Waals surface area contributed by atoms with E-state index < -0.39 is 0 Å². The minimum Gasteiger partial charge on any atom is -0.486 e. The Morgan fingerprint density at radius 3 is 3.00 bits per heavy atom. The van der Waals surface area contributed by atoms with Gasteiger partial charge in [0.25, 0.3) is 0 Å². The quantitative estimate of drug-likeness (QED) is 0.929. The zero-order chi connectivity index (χ0) is 13.9. The van der Waals surface area contributed by atoms with Gasteiger partial charge in [-0.25, -0.2) is 4.98 Å². The van der Waals surface area contributed by atoms with Gasteiger partial charge in [0.15, 0.2) is 17.3 Å². The molecule has 0 radical (unpaired) electrons. The second kappa shape index (κ2) is 5.54. The molecule has 5 nitrogen and oxygen atoms in total. The molecule has 0 fully saturated rings. The molecule has 0 spiro atoms. The van der Waals surface area contributed by atoms with Crippen LogP contribution in [0.25, 0.3) is 11.3 Å². The summed E-state index contributed by atoms with van der Waals surface area (Å²) in [7, 11) is 0. The molecule has 2 heterocycles. The molecule has 3 rings (SSSR count). The van der Waals surface area contributed by atoms with Crippen LogP contribution in [0.15, 0.2) is 28.8 Å². The van der Waals surface area contributed by atoms with Crippen LogP contribution in [0.1, 0.15) is 25.8 Å². The third kappa shape index (κ3) is 2.36. The van der Waals surface area contributed by atoms with Crippen molar-refractivity contribution >= 4 is 0 Å². The number of nitrogens with zero attached hydrogens (tertiary/aromatic N) is 1. The van der Waals surface area contributed by atoms with E-state index in [1.54, 1.807) is 6.20 Å². The average molecular weight is 274 g/mol. The molecule has 20 heavy (non-hydrogen) atoms. The van der Waals surface area contributed by atoms with Crippen molar-refractivity contribution in [2.24, 2.45) is 0 Å². The monoisotopic (exact) mass is 274 g/mol. The smallest absolute Gasteiger partial charge is 0.211 e. The second-order valence-corrected chi connectivity index (χ2v) is 4.67. The largest absolute Gasteiger partial charge is 0.486 e. The van der Waals surface area contributed by atoms with Crippen molar-refractivity contribution in [3.05, 3.63) is 30.3 Å². The van der Waals surface area contributed by atoms with E-state index >= 15 is 0 Å². The maximum atomic E-state index is 5.84. The third-order valence-electron chi connectivity index (χ3n) is 3.24. The van der Waals surface area contributed by atoms with Crippen LogP contribution in [0, 0.1) is 0 Å². The second-order valence-electron chi connectivity index (χ2n) is 4.67. The molecule has 5 heteroatoms. The zero-order valence-electron chi connectivity index (χ0n) is 11.7. The Morgan fingerprint density at radius 1 is 1.30 bits per heavy atom. The van der Waals surface area contributed by atoms with Crippen LogP contribution in [0.3, 0.4) is 0 Å². The summed E-state index contributed by atoms with van der Waals surface area (Å²) >= 11 is 0. The lowest BCUT2D eigenvalue weighted by Gasteiger charge is -2.20. The molecule has 1 aromatic carbocycles. The molecule has 0 bridgehead atoms. The normalized spacial score (nSPS) is 15.1. The van der Waals surface area contributed by atoms with Crippen molar-refractivity contribution in [3.8, 4) is 22.8 Å². The van der Waals surface area contributed by atoms with Crippen LogP contribution in [-0.4, -0.2) is 24.7 Å². The van der Waals surface area contributed by atoms with Crippen LogP contribution in [0.5, 0.6) is 11.5 Å². The summed E-state index contributed by atoms with van der Waals surface area (Å²) in [5, 5.41) is 3.28. The maximum absolute atomic E-state index is 5.84. The molecule has 1 unspecified atom stereocenters. The van der Waals surface area contributed by atoms with E-state index in [4.69, 9.17) is 13.9 Å². The first-order chi connectivity index (χ1) is 9.79. The number of ether oxygens (including phenoxy) is 2. The summed E-state index contributed by atoms with van der Waals surface area (Å²) < 4.78 is 17.1. The van der Waals surface area contributed by atoms with Crippen LogP contribution in [0.4, 0.5) is 0 Å². The number of hydrogen-bond donors (Lipinski definition) is 1. The van der Waals surface area contributed by atoms with E-state index in [-0.39, 0.29) is 6.04 Å². The van der Waals surface area contributed by atoms with Crippen LogP contribution in [-0.2, 0) is 0 Å². The molecule has 1 atom stereocenters. The molecular formula is C15H18N2O3. The predicted octanol–water partition coefficient (Wildman–Crippen LogP) is 2.78. The highest BCUT2D eigenvalue weighted by atomic mass is 16.6. The van der Waals surface area contributed by atoms with E-state index in [1.165, 1.54) is 0 Å². The lowest BCUT2D eigenvalue weighted by molar-refractivity contribution is 0.172. The minimum atomic E-state index is 0.0884. The fourth-order valence-electron chi connectivity index (χ4n) is 2.27. The Hall–Kier alpha value is -2.01. The van der Waals surface area contributed by atoms with Gasteiger partial charge in [-0.05, 0) is 25.6 Å². The van der Waals surface area contributed by atoms with Gasteiger partial charge in [-0.2, -0.15) is 0 Å². The average Bonchev–Trinajstić information content (AvgIpc) is 2.97. The first-order valence-electron chi connectivity index (χ1n) is 6.87. The van der Waals surface area contributed by atoms with Gasteiger partial charge in [-0.1, -0.05) is 13.0 Å². The lowest BCUT2D eigenvalue weighted by Crippen LogP contribution is -2.17. The molecule has 0 saturated carbocycles. The summed E-state index contributed by atoms with van der Waals surface area (Å²) in [6.07, 6.45) is 1.73. The van der Waals surface area contributed by atoms with E-state index in [2.05, 4.69) is 17.2 Å². The third-order valence-corrected chi connectivity index (χ3v) is 3.24. The fraction of sp³-hybridized carbons (Fsp3) is 0.400. The van der Waals surface area contributed by atoms with Gasteiger partial charge in [0.2, 0.25) is 5.89 Å². The highest BCUT2D eigenvalue weighted by Gasteiger charge is 2.20. The standard InChI is InChI=1S/C15H18N2O3/c1-3-16-10(2)15-17-9-13(20-15)11-5-4-6-12-14(11)19-8-7-18-12/h4-6,9-10,16H,3,7-8H2,1-2H3. The summed E-state index contributed by atoms with van der Waals surface area (Å²) in [6, 6.07) is 5.87. The number of hydrogen-bond acceptors (Lipinski definition) is 5. The SMILES string of the molecule is CCNC(C)c1ncc(-c2cccc3c2OCCO3)o1. The zero-order valence-corrected chi connectivity index (χ0v) is 11.7. The molecule has 1 aliphatic rings. The van der Waals surface area contributed by atoms with Crippen molar-refractivity contribution in [1.29, 1.82) is 0 Å². The van der Waals surface area contributed by atoms with Gasteiger partial charge in [-0.15, -0.1) is 0 Å². The summed E-state index contributed by atoms with van der Waals surface area (Å²) in [6.45, 7) is 6.09. The van der Waals surface area contributed by atoms with Crippen molar-refractivity contribution in [1.82, 2.24) is 10.3 Å². The van der Waals surface area contributed by atoms with Gasteiger partial charge >= 0.3 is 0 Å². The van der Waals surface area contributed by atoms with Crippen molar-refractivity contribution in [2.45, 2.75) is 19.9 Å². The first kappa shape index (κ1) is 13.0. The van der Waals surface area contributed by atoms with Crippen LogP contribution in [0.2, 0.25) is 0 Å². The number of fused-ring (bicyclic) bond motifs is 1. The van der Waals surface area contributed by atoms with Gasteiger partial charge in [0.1, 0.15) is 13.2 Å². The van der Waals surface area contributed by atoms with E-state index in [9.17, 15) is 0 Å². The van der Waals surface area contributed by atoms with Gasteiger partial charge in [0.05, 0.1) is 17.8 Å². The number of benzene rings is 1. The minimum absolute atomic E-state index is 0.0884. The van der Waals surface area contributed by atoms with Crippen LogP contribution >= 0.6 is 0 Å². The topological polar surface area (TPSA) is 56.5 Å². The molecule has 1 N–H and O–H groups in total. The molecule has 2 aromatic rings. The molecule has 106 valence electrons. The number of nitrogens with one attached hydrogen (secondary N) is 1. The van der Waals surface area contributed by atoms with E-state index in [0.717, 1.165) is 23.6 Å². The van der Waals surface area contributed by atoms with Gasteiger partial charge in [0, 0.05) is 0 Å². The molecule has 0 amide bonds. The Balaban J connectivity index is 1.94. The first-order valence-corrected chi connectivity index (χ1v) is 6.87. The summed E-state index contributed by atoms with van der Waals surface area (Å²) in [4.78, 5) is 4.33. The molecule has 0 aliphatic carbocycles. The predicted molar refractivity (Wildman–Crippen MR) is 75.0 cm³/mol. The molecule has 1 aliphatic heterocycles. The number of para-hydroxylation sites is 1. The van der Waals surface area contributed by atoms with Gasteiger partial charge in [-0.3, -0.25) is 0 Å². The van der Waals surface area contributed by atoms with E-state index in [1.807, 2.05) is 25.1 Å². The summed E-state index contributed by atoms with van der Waals surface area (Å²) in [5.74, 6) is 2.87. The van der Waals surface area contributed by atoms with Crippen molar-refractivity contribution in [2.75, 3.05) is 19.8 Å². The Morgan fingerprint density at radius 2 is 2.15 bits per heavy atom.